The standard InChI is InChI=1S/C13H20BrNOS/c1-13(2,15-7-4-8-17-16)10-11-5-3-6-12(14)9-11/h3,5-6,9,15-16H,4,7-8,10H2,1-2H3. The van der Waals surface area contributed by atoms with Gasteiger partial charge in [0.1, 0.15) is 0 Å². The van der Waals surface area contributed by atoms with Gasteiger partial charge in [0, 0.05) is 15.8 Å². The first kappa shape index (κ1) is 15.0. The minimum Gasteiger partial charge on any atom is -0.330 e. The molecule has 0 aliphatic rings. The van der Waals surface area contributed by atoms with Gasteiger partial charge in [-0.1, -0.05) is 28.1 Å². The van der Waals surface area contributed by atoms with Crippen molar-refractivity contribution < 1.29 is 4.55 Å². The van der Waals surface area contributed by atoms with Crippen LogP contribution in [0, 0.1) is 0 Å². The van der Waals surface area contributed by atoms with E-state index in [2.05, 4.69) is 53.3 Å². The van der Waals surface area contributed by atoms with Crippen molar-refractivity contribution in [2.24, 2.45) is 0 Å². The second-order valence-corrected chi connectivity index (χ2v) is 6.39. The average Bonchev–Trinajstić information content (AvgIpc) is 2.24. The molecule has 1 rings (SSSR count). The highest BCUT2D eigenvalue weighted by Crippen LogP contribution is 2.17. The Bertz CT molecular complexity index is 344. The fourth-order valence-corrected chi connectivity index (χ4v) is 2.50. The molecule has 0 unspecified atom stereocenters. The zero-order valence-corrected chi connectivity index (χ0v) is 12.8. The van der Waals surface area contributed by atoms with Gasteiger partial charge >= 0.3 is 0 Å². The molecule has 0 atom stereocenters. The highest BCUT2D eigenvalue weighted by atomic mass is 79.9. The molecule has 2 nitrogen and oxygen atoms in total. The van der Waals surface area contributed by atoms with Gasteiger partial charge in [0.15, 0.2) is 0 Å². The zero-order valence-electron chi connectivity index (χ0n) is 10.4. The van der Waals surface area contributed by atoms with Crippen molar-refractivity contribution in [2.75, 3.05) is 12.3 Å². The monoisotopic (exact) mass is 317 g/mol. The lowest BCUT2D eigenvalue weighted by atomic mass is 9.95. The number of hydrogen-bond acceptors (Lipinski definition) is 3. The van der Waals surface area contributed by atoms with E-state index in [1.807, 2.05) is 6.07 Å². The van der Waals surface area contributed by atoms with Crippen molar-refractivity contribution in [3.8, 4) is 0 Å². The van der Waals surface area contributed by atoms with E-state index < -0.39 is 0 Å². The first-order valence-electron chi connectivity index (χ1n) is 5.79. The van der Waals surface area contributed by atoms with Crippen LogP contribution in [0.3, 0.4) is 0 Å². The van der Waals surface area contributed by atoms with Gasteiger partial charge in [-0.05, 0) is 63.0 Å². The van der Waals surface area contributed by atoms with E-state index in [9.17, 15) is 0 Å². The molecule has 0 bridgehead atoms. The summed E-state index contributed by atoms with van der Waals surface area (Å²) in [6.07, 6.45) is 1.99. The van der Waals surface area contributed by atoms with Crippen LogP contribution in [0.25, 0.3) is 0 Å². The Morgan fingerprint density at radius 3 is 2.82 bits per heavy atom. The van der Waals surface area contributed by atoms with Crippen LogP contribution in [-0.2, 0) is 6.42 Å². The van der Waals surface area contributed by atoms with E-state index in [4.69, 9.17) is 4.55 Å². The lowest BCUT2D eigenvalue weighted by Gasteiger charge is -2.26. The van der Waals surface area contributed by atoms with Crippen LogP contribution in [0.2, 0.25) is 0 Å². The summed E-state index contributed by atoms with van der Waals surface area (Å²) in [6, 6.07) is 8.42. The van der Waals surface area contributed by atoms with Crippen molar-refractivity contribution in [3.05, 3.63) is 34.3 Å². The van der Waals surface area contributed by atoms with E-state index in [1.54, 1.807) is 0 Å². The molecule has 0 aliphatic heterocycles. The molecular weight excluding hydrogens is 298 g/mol. The molecule has 2 N–H and O–H groups in total. The van der Waals surface area contributed by atoms with Gasteiger partial charge in [0.2, 0.25) is 0 Å². The van der Waals surface area contributed by atoms with Crippen molar-refractivity contribution >= 4 is 28.0 Å². The Morgan fingerprint density at radius 1 is 1.41 bits per heavy atom. The van der Waals surface area contributed by atoms with Crippen molar-refractivity contribution in [1.82, 2.24) is 5.32 Å². The van der Waals surface area contributed by atoms with Crippen LogP contribution in [-0.4, -0.2) is 22.4 Å². The molecule has 0 radical (unpaired) electrons. The Morgan fingerprint density at radius 2 is 2.18 bits per heavy atom. The van der Waals surface area contributed by atoms with Crippen LogP contribution in [0.1, 0.15) is 25.8 Å². The number of hydrogen-bond donors (Lipinski definition) is 2. The molecule has 0 amide bonds. The summed E-state index contributed by atoms with van der Waals surface area (Å²) in [4.78, 5) is 0. The smallest absolute Gasteiger partial charge is 0.0207 e. The normalized spacial score (nSPS) is 11.8. The molecule has 0 aliphatic carbocycles. The average molecular weight is 318 g/mol. The second-order valence-electron chi connectivity index (χ2n) is 4.80. The van der Waals surface area contributed by atoms with Gasteiger partial charge in [-0.2, -0.15) is 0 Å². The third kappa shape index (κ3) is 6.46. The van der Waals surface area contributed by atoms with Crippen LogP contribution in [0.15, 0.2) is 28.7 Å². The number of nitrogens with one attached hydrogen (secondary N) is 1. The van der Waals surface area contributed by atoms with E-state index in [0.29, 0.717) is 0 Å². The van der Waals surface area contributed by atoms with Crippen LogP contribution >= 0.6 is 28.0 Å². The number of benzene rings is 1. The zero-order chi connectivity index (χ0) is 12.7. The van der Waals surface area contributed by atoms with Gasteiger partial charge in [-0.3, -0.25) is 0 Å². The van der Waals surface area contributed by atoms with E-state index in [-0.39, 0.29) is 5.54 Å². The number of halogens is 1. The molecule has 0 saturated carbocycles. The topological polar surface area (TPSA) is 32.3 Å². The fourth-order valence-electron chi connectivity index (χ4n) is 1.78. The molecule has 0 aromatic heterocycles. The summed E-state index contributed by atoms with van der Waals surface area (Å²) < 4.78 is 9.77. The summed E-state index contributed by atoms with van der Waals surface area (Å²) in [5, 5.41) is 3.52. The first-order valence-corrected chi connectivity index (χ1v) is 7.53. The van der Waals surface area contributed by atoms with E-state index in [1.165, 1.54) is 5.56 Å². The quantitative estimate of drug-likeness (QED) is 0.590. The highest BCUT2D eigenvalue weighted by molar-refractivity contribution is 9.10. The third-order valence-electron chi connectivity index (χ3n) is 2.55. The van der Waals surface area contributed by atoms with Gasteiger partial charge in [-0.15, -0.1) is 0 Å². The molecule has 17 heavy (non-hydrogen) atoms. The summed E-state index contributed by atoms with van der Waals surface area (Å²) in [6.45, 7) is 5.36. The second kappa shape index (κ2) is 7.41. The summed E-state index contributed by atoms with van der Waals surface area (Å²) in [5.41, 5.74) is 1.41. The lowest BCUT2D eigenvalue weighted by molar-refractivity contribution is 0.387. The van der Waals surface area contributed by atoms with Gasteiger partial charge in [-0.25, -0.2) is 0 Å². The third-order valence-corrected chi connectivity index (χ3v) is 3.52. The molecule has 0 saturated heterocycles. The minimum absolute atomic E-state index is 0.0842. The van der Waals surface area contributed by atoms with Crippen molar-refractivity contribution in [3.63, 3.8) is 0 Å². The van der Waals surface area contributed by atoms with Gasteiger partial charge in [0.05, 0.1) is 0 Å². The van der Waals surface area contributed by atoms with E-state index in [0.717, 1.165) is 41.7 Å². The highest BCUT2D eigenvalue weighted by Gasteiger charge is 2.17. The predicted molar refractivity (Wildman–Crippen MR) is 79.6 cm³/mol. The Hall–Kier alpha value is -0.0300. The lowest BCUT2D eigenvalue weighted by Crippen LogP contribution is -2.41. The SMILES string of the molecule is CC(C)(Cc1cccc(Br)c1)NCCCSO. The Labute approximate surface area is 117 Å². The van der Waals surface area contributed by atoms with Gasteiger partial charge in [0.25, 0.3) is 0 Å². The molecule has 1 aromatic rings. The molecule has 0 fully saturated rings. The maximum atomic E-state index is 8.65. The fraction of sp³-hybridized carbons (Fsp3) is 0.538. The summed E-state index contributed by atoms with van der Waals surface area (Å²) in [7, 11) is 0. The maximum Gasteiger partial charge on any atom is 0.0207 e. The van der Waals surface area contributed by atoms with Gasteiger partial charge < -0.3 is 9.87 Å². The summed E-state index contributed by atoms with van der Waals surface area (Å²) in [5.74, 6) is 0.792. The Balaban J connectivity index is 2.42. The van der Waals surface area contributed by atoms with Crippen LogP contribution in [0.4, 0.5) is 0 Å². The minimum atomic E-state index is 0.0842. The van der Waals surface area contributed by atoms with E-state index >= 15 is 0 Å². The van der Waals surface area contributed by atoms with Crippen LogP contribution in [0.5, 0.6) is 0 Å². The molecule has 96 valence electrons. The largest absolute Gasteiger partial charge is 0.330 e. The van der Waals surface area contributed by atoms with Crippen molar-refractivity contribution in [1.29, 1.82) is 0 Å². The van der Waals surface area contributed by atoms with Crippen molar-refractivity contribution in [2.45, 2.75) is 32.2 Å². The summed E-state index contributed by atoms with van der Waals surface area (Å²) >= 11 is 4.40. The Kier molecular flexibility index (Phi) is 6.55. The molecule has 4 heteroatoms. The first-order chi connectivity index (χ1) is 8.03. The van der Waals surface area contributed by atoms with Crippen LogP contribution < -0.4 is 5.32 Å². The molecule has 0 heterocycles. The molecule has 0 spiro atoms. The number of rotatable bonds is 7. The molecule has 1 aromatic carbocycles. The maximum absolute atomic E-state index is 8.65. The molecular formula is C13H20BrNOS. The predicted octanol–water partition coefficient (Wildman–Crippen LogP) is 3.96.